The molecule has 5 heteroatoms. The van der Waals surface area contributed by atoms with Crippen molar-refractivity contribution in [1.29, 1.82) is 0 Å². The normalized spacial score (nSPS) is 10.1. The lowest BCUT2D eigenvalue weighted by molar-refractivity contribution is 0.391. The van der Waals surface area contributed by atoms with Crippen molar-refractivity contribution < 1.29 is 14.2 Å². The molecule has 0 saturated carbocycles. The highest BCUT2D eigenvalue weighted by molar-refractivity contribution is 9.10. The molecule has 0 spiro atoms. The highest BCUT2D eigenvalue weighted by Crippen LogP contribution is 2.30. The summed E-state index contributed by atoms with van der Waals surface area (Å²) in [7, 11) is 4.94. The van der Waals surface area contributed by atoms with Gasteiger partial charge in [0.05, 0.1) is 27.0 Å². The molecule has 0 amide bonds. The molecule has 0 heterocycles. The van der Waals surface area contributed by atoms with Gasteiger partial charge in [-0.15, -0.1) is 0 Å². The summed E-state index contributed by atoms with van der Waals surface area (Å²) in [5.41, 5.74) is 1.96. The summed E-state index contributed by atoms with van der Waals surface area (Å²) >= 11 is 3.46. The second-order valence-corrected chi connectivity index (χ2v) is 5.29. The Kier molecular flexibility index (Phi) is 5.33. The van der Waals surface area contributed by atoms with Gasteiger partial charge in [-0.2, -0.15) is 0 Å². The van der Waals surface area contributed by atoms with Crippen LogP contribution in [0.1, 0.15) is 5.56 Å². The molecule has 2 aromatic rings. The Morgan fingerprint density at radius 1 is 0.905 bits per heavy atom. The maximum atomic E-state index is 5.40. The van der Waals surface area contributed by atoms with Crippen LogP contribution in [0, 0.1) is 0 Å². The van der Waals surface area contributed by atoms with Crippen LogP contribution in [0.4, 0.5) is 5.69 Å². The number of benzene rings is 2. The summed E-state index contributed by atoms with van der Waals surface area (Å²) in [6, 6.07) is 11.6. The Bertz CT molecular complexity index is 616. The summed E-state index contributed by atoms with van der Waals surface area (Å²) in [6.07, 6.45) is 0. The quantitative estimate of drug-likeness (QED) is 0.850. The molecule has 0 fully saturated rings. The van der Waals surface area contributed by atoms with E-state index in [1.54, 1.807) is 21.3 Å². The molecule has 112 valence electrons. The molecular weight excluding hydrogens is 334 g/mol. The van der Waals surface area contributed by atoms with Gasteiger partial charge in [-0.3, -0.25) is 0 Å². The maximum absolute atomic E-state index is 5.40. The zero-order valence-electron chi connectivity index (χ0n) is 12.3. The molecule has 21 heavy (non-hydrogen) atoms. The van der Waals surface area contributed by atoms with Crippen LogP contribution in [0.5, 0.6) is 17.2 Å². The number of hydrogen-bond acceptors (Lipinski definition) is 4. The number of halogens is 1. The second kappa shape index (κ2) is 7.22. The van der Waals surface area contributed by atoms with Crippen molar-refractivity contribution in [2.75, 3.05) is 26.6 Å². The third-order valence-electron chi connectivity index (χ3n) is 3.13. The van der Waals surface area contributed by atoms with Gasteiger partial charge >= 0.3 is 0 Å². The van der Waals surface area contributed by atoms with E-state index in [9.17, 15) is 0 Å². The number of rotatable bonds is 6. The molecule has 2 rings (SSSR count). The highest BCUT2D eigenvalue weighted by atomic mass is 79.9. The molecular formula is C16H18BrNO3. The number of hydrogen-bond donors (Lipinski definition) is 1. The van der Waals surface area contributed by atoms with Gasteiger partial charge in [0.2, 0.25) is 0 Å². The Morgan fingerprint density at radius 3 is 2.33 bits per heavy atom. The molecule has 1 N–H and O–H groups in total. The minimum absolute atomic E-state index is 0.625. The van der Waals surface area contributed by atoms with Gasteiger partial charge in [0.25, 0.3) is 0 Å². The summed E-state index contributed by atoms with van der Waals surface area (Å²) < 4.78 is 16.9. The van der Waals surface area contributed by atoms with Crippen LogP contribution in [0.2, 0.25) is 0 Å². The average Bonchev–Trinajstić information content (AvgIpc) is 2.52. The van der Waals surface area contributed by atoms with Crippen LogP contribution < -0.4 is 19.5 Å². The van der Waals surface area contributed by atoms with E-state index in [0.29, 0.717) is 6.54 Å². The third kappa shape index (κ3) is 3.82. The maximum Gasteiger partial charge on any atom is 0.142 e. The number of anilines is 1. The molecule has 0 aliphatic rings. The summed E-state index contributed by atoms with van der Waals surface area (Å²) in [6.45, 7) is 0.625. The first-order valence-corrected chi connectivity index (χ1v) is 7.25. The van der Waals surface area contributed by atoms with E-state index < -0.39 is 0 Å². The van der Waals surface area contributed by atoms with Crippen LogP contribution in [-0.2, 0) is 6.54 Å². The van der Waals surface area contributed by atoms with Crippen molar-refractivity contribution in [3.05, 3.63) is 46.4 Å². The molecule has 0 aromatic heterocycles. The summed E-state index contributed by atoms with van der Waals surface area (Å²) in [5, 5.41) is 3.36. The minimum atomic E-state index is 0.625. The predicted molar refractivity (Wildman–Crippen MR) is 87.6 cm³/mol. The zero-order valence-corrected chi connectivity index (χ0v) is 13.9. The number of methoxy groups -OCH3 is 3. The lowest BCUT2D eigenvalue weighted by atomic mass is 10.2. The van der Waals surface area contributed by atoms with Crippen LogP contribution in [0.3, 0.4) is 0 Å². The molecule has 0 radical (unpaired) electrons. The summed E-state index contributed by atoms with van der Waals surface area (Å²) in [5.74, 6) is 2.36. The van der Waals surface area contributed by atoms with Crippen molar-refractivity contribution in [3.63, 3.8) is 0 Å². The number of ether oxygens (including phenoxy) is 3. The molecule has 0 unspecified atom stereocenters. The topological polar surface area (TPSA) is 39.7 Å². The molecule has 0 aliphatic heterocycles. The highest BCUT2D eigenvalue weighted by Gasteiger charge is 2.07. The molecule has 0 saturated heterocycles. The smallest absolute Gasteiger partial charge is 0.142 e. The third-order valence-corrected chi connectivity index (χ3v) is 3.62. The Balaban J connectivity index is 2.18. The molecule has 2 aromatic carbocycles. The Hall–Kier alpha value is -1.88. The first-order valence-electron chi connectivity index (χ1n) is 6.46. The average molecular weight is 352 g/mol. The van der Waals surface area contributed by atoms with Crippen molar-refractivity contribution in [1.82, 2.24) is 0 Å². The van der Waals surface area contributed by atoms with Crippen LogP contribution in [0.15, 0.2) is 40.9 Å². The fourth-order valence-electron chi connectivity index (χ4n) is 2.01. The lowest BCUT2D eigenvalue weighted by Crippen LogP contribution is -2.03. The predicted octanol–water partition coefficient (Wildman–Crippen LogP) is 4.09. The Labute approximate surface area is 133 Å². The monoisotopic (exact) mass is 351 g/mol. The van der Waals surface area contributed by atoms with E-state index >= 15 is 0 Å². The van der Waals surface area contributed by atoms with Crippen LogP contribution >= 0.6 is 15.9 Å². The fourth-order valence-corrected chi connectivity index (χ4v) is 2.37. The molecule has 0 bridgehead atoms. The van der Waals surface area contributed by atoms with Gasteiger partial charge in [-0.05, 0) is 30.3 Å². The fraction of sp³-hybridized carbons (Fsp3) is 0.250. The van der Waals surface area contributed by atoms with E-state index in [0.717, 1.165) is 33.0 Å². The van der Waals surface area contributed by atoms with Crippen LogP contribution in [0.25, 0.3) is 0 Å². The van der Waals surface area contributed by atoms with E-state index in [4.69, 9.17) is 14.2 Å². The van der Waals surface area contributed by atoms with Gasteiger partial charge in [-0.1, -0.05) is 15.9 Å². The molecule has 0 atom stereocenters. The molecule has 0 aliphatic carbocycles. The van der Waals surface area contributed by atoms with Gasteiger partial charge < -0.3 is 19.5 Å². The van der Waals surface area contributed by atoms with Crippen molar-refractivity contribution >= 4 is 21.6 Å². The van der Waals surface area contributed by atoms with E-state index in [2.05, 4.69) is 21.2 Å². The van der Waals surface area contributed by atoms with Gasteiger partial charge in [0.15, 0.2) is 0 Å². The minimum Gasteiger partial charge on any atom is -0.497 e. The first-order chi connectivity index (χ1) is 10.2. The van der Waals surface area contributed by atoms with Gasteiger partial charge in [0.1, 0.15) is 17.2 Å². The van der Waals surface area contributed by atoms with Gasteiger partial charge in [-0.25, -0.2) is 0 Å². The standard InChI is InChI=1S/C16H18BrNO3/c1-19-13-6-4-11(16(9-13)21-3)10-18-14-8-12(17)5-7-15(14)20-2/h4-9,18H,10H2,1-3H3. The van der Waals surface area contributed by atoms with Gasteiger partial charge in [0, 0.05) is 22.6 Å². The Morgan fingerprint density at radius 2 is 1.67 bits per heavy atom. The van der Waals surface area contributed by atoms with E-state index in [1.807, 2.05) is 36.4 Å². The zero-order chi connectivity index (χ0) is 15.2. The van der Waals surface area contributed by atoms with Crippen LogP contribution in [-0.4, -0.2) is 21.3 Å². The summed E-state index contributed by atoms with van der Waals surface area (Å²) in [4.78, 5) is 0. The second-order valence-electron chi connectivity index (χ2n) is 4.38. The van der Waals surface area contributed by atoms with Crippen molar-refractivity contribution in [2.45, 2.75) is 6.54 Å². The van der Waals surface area contributed by atoms with E-state index in [-0.39, 0.29) is 0 Å². The molecule has 4 nitrogen and oxygen atoms in total. The largest absolute Gasteiger partial charge is 0.497 e. The van der Waals surface area contributed by atoms with E-state index in [1.165, 1.54) is 0 Å². The number of nitrogens with one attached hydrogen (secondary N) is 1. The SMILES string of the molecule is COc1ccc(CNc2cc(Br)ccc2OC)c(OC)c1. The lowest BCUT2D eigenvalue weighted by Gasteiger charge is -2.14. The van der Waals surface area contributed by atoms with Crippen molar-refractivity contribution in [3.8, 4) is 17.2 Å². The van der Waals surface area contributed by atoms with Crippen molar-refractivity contribution in [2.24, 2.45) is 0 Å². The first kappa shape index (κ1) is 15.5.